The first kappa shape index (κ1) is 38.1. The van der Waals surface area contributed by atoms with Crippen LogP contribution in [0.1, 0.15) is 39.5 Å². The second kappa shape index (κ2) is 16.6. The first-order chi connectivity index (χ1) is 25.5. The van der Waals surface area contributed by atoms with Gasteiger partial charge in [-0.1, -0.05) is 0 Å². The van der Waals surface area contributed by atoms with Gasteiger partial charge in [-0.2, -0.15) is 0 Å². The SMILES string of the molecule is CCOP(=O)(CC1CC(COc2cc3c(Oc4ccc(NC(=O)C5(C(=O)Nc6ccc(F)cc6)CC5)cc4F)ccnc3cc2OC)CCN1)OCC. The lowest BCUT2D eigenvalue weighted by molar-refractivity contribution is -0.131. The van der Waals surface area contributed by atoms with Crippen LogP contribution in [0.5, 0.6) is 23.0 Å². The smallest absolute Gasteiger partial charge is 0.332 e. The number of anilines is 2. The van der Waals surface area contributed by atoms with Gasteiger partial charge in [-0.15, -0.1) is 0 Å². The maximum atomic E-state index is 15.4. The Bertz CT molecular complexity index is 1990. The van der Waals surface area contributed by atoms with E-state index in [1.54, 1.807) is 32.0 Å². The van der Waals surface area contributed by atoms with Crippen LogP contribution in [0.4, 0.5) is 20.2 Å². The lowest BCUT2D eigenvalue weighted by Crippen LogP contribution is -2.42. The Balaban J connectivity index is 1.12. The van der Waals surface area contributed by atoms with Crippen molar-refractivity contribution in [3.63, 3.8) is 0 Å². The maximum Gasteiger partial charge on any atom is 0.332 e. The predicted octanol–water partition coefficient (Wildman–Crippen LogP) is 7.68. The van der Waals surface area contributed by atoms with Crippen LogP contribution in [0.3, 0.4) is 0 Å². The number of aromatic nitrogens is 1. The molecule has 0 radical (unpaired) electrons. The molecule has 2 atom stereocenters. The molecule has 6 rings (SSSR count). The maximum absolute atomic E-state index is 15.4. The molecule has 1 aliphatic carbocycles. The van der Waals surface area contributed by atoms with Gasteiger partial charge in [-0.05, 0) is 101 Å². The van der Waals surface area contributed by atoms with E-state index in [2.05, 4.69) is 20.9 Å². The molecule has 1 aliphatic heterocycles. The fraction of sp³-hybridized carbons (Fsp3) is 0.395. The summed E-state index contributed by atoms with van der Waals surface area (Å²) in [6.07, 6.45) is 4.04. The molecular formula is C38H43F2N4O8P. The number of rotatable bonds is 16. The fourth-order valence-corrected chi connectivity index (χ4v) is 8.28. The molecule has 4 aromatic rings. The van der Waals surface area contributed by atoms with Gasteiger partial charge in [-0.25, -0.2) is 8.78 Å². The van der Waals surface area contributed by atoms with Crippen LogP contribution in [-0.2, 0) is 23.2 Å². The third-order valence-corrected chi connectivity index (χ3v) is 11.5. The monoisotopic (exact) mass is 752 g/mol. The van der Waals surface area contributed by atoms with Crippen molar-refractivity contribution in [3.05, 3.63) is 78.5 Å². The minimum absolute atomic E-state index is 0.0549. The molecule has 12 nitrogen and oxygen atoms in total. The number of hydrogen-bond donors (Lipinski definition) is 3. The van der Waals surface area contributed by atoms with E-state index in [1.165, 1.54) is 49.7 Å². The van der Waals surface area contributed by atoms with Gasteiger partial charge in [0, 0.05) is 41.1 Å². The van der Waals surface area contributed by atoms with Gasteiger partial charge >= 0.3 is 7.60 Å². The number of carbonyl (C=O) groups excluding carboxylic acids is 2. The highest BCUT2D eigenvalue weighted by Gasteiger charge is 2.56. The van der Waals surface area contributed by atoms with E-state index in [0.717, 1.165) is 25.5 Å². The van der Waals surface area contributed by atoms with Crippen molar-refractivity contribution in [1.82, 2.24) is 10.3 Å². The van der Waals surface area contributed by atoms with Crippen LogP contribution in [0, 0.1) is 23.0 Å². The van der Waals surface area contributed by atoms with E-state index in [0.29, 0.717) is 66.5 Å². The summed E-state index contributed by atoms with van der Waals surface area (Å²) in [6, 6.07) is 14.2. The number of fused-ring (bicyclic) bond motifs is 1. The van der Waals surface area contributed by atoms with Gasteiger partial charge in [0.15, 0.2) is 23.1 Å². The molecule has 282 valence electrons. The zero-order valence-corrected chi connectivity index (χ0v) is 30.7. The van der Waals surface area contributed by atoms with Gasteiger partial charge in [0.25, 0.3) is 0 Å². The summed E-state index contributed by atoms with van der Waals surface area (Å²) in [4.78, 5) is 30.5. The summed E-state index contributed by atoms with van der Waals surface area (Å²) in [6.45, 7) is 5.30. The van der Waals surface area contributed by atoms with Crippen molar-refractivity contribution in [3.8, 4) is 23.0 Å². The van der Waals surface area contributed by atoms with Crippen LogP contribution >= 0.6 is 7.60 Å². The molecule has 15 heteroatoms. The summed E-state index contributed by atoms with van der Waals surface area (Å²) < 4.78 is 70.7. The number of nitrogens with one attached hydrogen (secondary N) is 3. The first-order valence-corrected chi connectivity index (χ1v) is 19.3. The minimum atomic E-state index is -3.21. The van der Waals surface area contributed by atoms with Crippen LogP contribution in [-0.4, -0.2) is 62.5 Å². The number of halogens is 2. The summed E-state index contributed by atoms with van der Waals surface area (Å²) in [5.74, 6) is -0.960. The Kier molecular flexibility index (Phi) is 11.9. The zero-order chi connectivity index (χ0) is 37.6. The average molecular weight is 753 g/mol. The molecule has 2 heterocycles. The van der Waals surface area contributed by atoms with Gasteiger partial charge in [0.1, 0.15) is 17.0 Å². The molecule has 0 spiro atoms. The van der Waals surface area contributed by atoms with E-state index in [1.807, 2.05) is 0 Å². The van der Waals surface area contributed by atoms with E-state index < -0.39 is 36.5 Å². The summed E-state index contributed by atoms with van der Waals surface area (Å²) >= 11 is 0. The molecule has 2 aliphatic rings. The third kappa shape index (κ3) is 9.13. The first-order valence-electron chi connectivity index (χ1n) is 17.6. The molecule has 2 unspecified atom stereocenters. The lowest BCUT2D eigenvalue weighted by Gasteiger charge is -2.32. The van der Waals surface area contributed by atoms with E-state index in [9.17, 15) is 18.5 Å². The zero-order valence-electron chi connectivity index (χ0n) is 29.8. The molecule has 3 aromatic carbocycles. The van der Waals surface area contributed by atoms with Crippen LogP contribution < -0.4 is 30.2 Å². The number of amides is 2. The molecule has 53 heavy (non-hydrogen) atoms. The normalized spacial score (nSPS) is 17.9. The third-order valence-electron chi connectivity index (χ3n) is 9.29. The van der Waals surface area contributed by atoms with Gasteiger partial charge in [0.2, 0.25) is 11.8 Å². The van der Waals surface area contributed by atoms with Crippen LogP contribution in [0.2, 0.25) is 0 Å². The van der Waals surface area contributed by atoms with E-state index >= 15 is 4.39 Å². The molecule has 2 amide bonds. The van der Waals surface area contributed by atoms with Gasteiger partial charge in [-0.3, -0.25) is 19.1 Å². The van der Waals surface area contributed by atoms with Crippen molar-refractivity contribution in [1.29, 1.82) is 0 Å². The van der Waals surface area contributed by atoms with Crippen LogP contribution in [0.25, 0.3) is 10.9 Å². The quantitative estimate of drug-likeness (QED) is 0.0770. The topological polar surface area (TPSA) is 146 Å². The van der Waals surface area contributed by atoms with Crippen LogP contribution in [0.15, 0.2) is 66.9 Å². The lowest BCUT2D eigenvalue weighted by atomic mass is 9.94. The number of pyridine rings is 1. The second-order valence-corrected chi connectivity index (χ2v) is 15.2. The Morgan fingerprint density at radius 3 is 2.26 bits per heavy atom. The predicted molar refractivity (Wildman–Crippen MR) is 196 cm³/mol. The van der Waals surface area contributed by atoms with E-state index in [-0.39, 0.29) is 29.6 Å². The molecular weight excluding hydrogens is 709 g/mol. The van der Waals surface area contributed by atoms with Crippen molar-refractivity contribution < 1.29 is 46.2 Å². The summed E-state index contributed by atoms with van der Waals surface area (Å²) in [5.41, 5.74) is -0.248. The highest BCUT2D eigenvalue weighted by molar-refractivity contribution is 7.53. The van der Waals surface area contributed by atoms with Crippen molar-refractivity contribution >= 4 is 41.7 Å². The Hall–Kier alpha value is -4.62. The number of hydrogen-bond acceptors (Lipinski definition) is 10. The molecule has 0 bridgehead atoms. The Labute approximate surface area is 306 Å². The number of nitrogens with zero attached hydrogens (tertiary/aromatic N) is 1. The van der Waals surface area contributed by atoms with Gasteiger partial charge in [0.05, 0.1) is 38.6 Å². The molecule has 1 aromatic heterocycles. The number of piperidine rings is 1. The molecule has 2 fully saturated rings. The fourth-order valence-electron chi connectivity index (χ4n) is 6.39. The molecule has 3 N–H and O–H groups in total. The number of methoxy groups -OCH3 is 1. The highest BCUT2D eigenvalue weighted by atomic mass is 31.2. The number of carbonyl (C=O) groups is 2. The molecule has 1 saturated heterocycles. The molecule has 1 saturated carbocycles. The number of benzene rings is 3. The van der Waals surface area contributed by atoms with Crippen molar-refractivity contribution in [2.24, 2.45) is 11.3 Å². The van der Waals surface area contributed by atoms with E-state index in [4.69, 9.17) is 23.3 Å². The largest absolute Gasteiger partial charge is 0.493 e. The van der Waals surface area contributed by atoms with Crippen molar-refractivity contribution in [2.45, 2.75) is 45.6 Å². The minimum Gasteiger partial charge on any atom is -0.493 e. The Morgan fingerprint density at radius 2 is 1.60 bits per heavy atom. The summed E-state index contributed by atoms with van der Waals surface area (Å²) in [5, 5.41) is 9.27. The Morgan fingerprint density at radius 1 is 0.906 bits per heavy atom. The standard InChI is InChI=1S/C38H43F2N4O8P/c1-4-50-53(47,51-5-2)23-28-18-24(12-16-41-28)22-49-35-20-29-31(21-34(35)48-3)42-17-13-32(29)52-33-11-10-27(19-30(33)40)44-37(46)38(14-15-38)36(45)43-26-8-6-25(39)7-9-26/h6-11,13,17,19-21,24,28,41H,4-5,12,14-16,18,22-23H2,1-3H3,(H,43,45)(H,44,46). The highest BCUT2D eigenvalue weighted by Crippen LogP contribution is 2.50. The average Bonchev–Trinajstić information content (AvgIpc) is 3.96. The van der Waals surface area contributed by atoms with Gasteiger partial charge < -0.3 is 39.2 Å². The van der Waals surface area contributed by atoms with Crippen molar-refractivity contribution in [2.75, 3.05) is 50.3 Å². The summed E-state index contributed by atoms with van der Waals surface area (Å²) in [7, 11) is -1.68. The second-order valence-electron chi connectivity index (χ2n) is 13.1. The number of ether oxygens (including phenoxy) is 3.